The van der Waals surface area contributed by atoms with E-state index >= 15 is 0 Å². The van der Waals surface area contributed by atoms with Crippen LogP contribution < -0.4 is 11.1 Å². The van der Waals surface area contributed by atoms with Gasteiger partial charge in [-0.15, -0.1) is 0 Å². The maximum absolute atomic E-state index is 11.1. The number of nitrogens with zero attached hydrogens (tertiary/aromatic N) is 1. The van der Waals surface area contributed by atoms with Crippen LogP contribution in [-0.4, -0.2) is 25.5 Å². The highest BCUT2D eigenvalue weighted by Crippen LogP contribution is 2.29. The fourth-order valence-electron chi connectivity index (χ4n) is 2.10. The van der Waals surface area contributed by atoms with Crippen molar-refractivity contribution in [2.75, 3.05) is 19.0 Å². The van der Waals surface area contributed by atoms with E-state index in [0.29, 0.717) is 5.69 Å². The molecule has 1 aromatic rings. The summed E-state index contributed by atoms with van der Waals surface area (Å²) in [5.74, 6) is 0. The number of hydrogen-bond acceptors (Lipinski definition) is 4. The lowest BCUT2D eigenvalue weighted by Gasteiger charge is -2.25. The van der Waals surface area contributed by atoms with Crippen molar-refractivity contribution in [3.05, 3.63) is 29.8 Å². The summed E-state index contributed by atoms with van der Waals surface area (Å²) >= 11 is 0. The molecule has 0 radical (unpaired) electrons. The molecule has 5 heteroatoms. The number of ether oxygens (including phenoxy) is 1. The Kier molecular flexibility index (Phi) is 3.34. The molecule has 96 valence electrons. The van der Waals surface area contributed by atoms with E-state index in [1.54, 1.807) is 0 Å². The number of benzene rings is 1. The molecule has 1 atom stereocenters. The predicted molar refractivity (Wildman–Crippen MR) is 70.9 cm³/mol. The zero-order chi connectivity index (χ0) is 13.2. The molecule has 1 heterocycles. The fourth-order valence-corrected chi connectivity index (χ4v) is 2.10. The van der Waals surface area contributed by atoms with E-state index in [1.165, 1.54) is 7.11 Å². The van der Waals surface area contributed by atoms with Crippen LogP contribution in [0.4, 0.5) is 10.5 Å². The molecule has 0 saturated heterocycles. The molecule has 3 N–H and O–H groups in total. The molecule has 0 fully saturated rings. The van der Waals surface area contributed by atoms with Crippen LogP contribution >= 0.6 is 0 Å². The smallest absolute Gasteiger partial charge is 0.411 e. The lowest BCUT2D eigenvalue weighted by molar-refractivity contribution is 0.187. The Morgan fingerprint density at radius 1 is 1.44 bits per heavy atom. The molecule has 0 aromatic heterocycles. The van der Waals surface area contributed by atoms with Crippen LogP contribution in [0.2, 0.25) is 0 Å². The Bertz CT molecular complexity index is 482. The number of aliphatic imine (C=N–C) groups is 1. The second-order valence-electron chi connectivity index (χ2n) is 4.38. The molecule has 0 spiro atoms. The summed E-state index contributed by atoms with van der Waals surface area (Å²) < 4.78 is 4.53. The van der Waals surface area contributed by atoms with Crippen molar-refractivity contribution in [1.82, 2.24) is 0 Å². The van der Waals surface area contributed by atoms with E-state index in [-0.39, 0.29) is 0 Å². The van der Waals surface area contributed by atoms with Gasteiger partial charge in [0.2, 0.25) is 0 Å². The number of nitrogens with two attached hydrogens (primary N) is 1. The molecule has 1 aromatic carbocycles. The highest BCUT2D eigenvalue weighted by molar-refractivity contribution is 5.94. The van der Waals surface area contributed by atoms with Crippen molar-refractivity contribution < 1.29 is 9.53 Å². The Hall–Kier alpha value is -1.88. The van der Waals surface area contributed by atoms with Crippen LogP contribution in [0, 0.1) is 0 Å². The highest BCUT2D eigenvalue weighted by atomic mass is 16.5. The predicted octanol–water partition coefficient (Wildman–Crippen LogP) is 1.88. The normalized spacial score (nSPS) is 22.5. The summed E-state index contributed by atoms with van der Waals surface area (Å²) in [6.07, 6.45) is 0.339. The number of carbonyl (C=O) groups is 1. The number of carbonyl (C=O) groups excluding carboxylic acids is 1. The number of methoxy groups -OCH3 is 1. The number of nitrogens with one attached hydrogen (secondary N) is 1. The minimum absolute atomic E-state index is 0.468. The maximum Gasteiger partial charge on any atom is 0.411 e. The molecule has 0 bridgehead atoms. The molecule has 0 aliphatic carbocycles. The Balaban J connectivity index is 2.18. The van der Waals surface area contributed by atoms with Crippen molar-refractivity contribution in [3.8, 4) is 0 Å². The van der Waals surface area contributed by atoms with Crippen molar-refractivity contribution in [3.63, 3.8) is 0 Å². The number of rotatable bonds is 2. The lowest BCUT2D eigenvalue weighted by Crippen LogP contribution is -2.41. The fraction of sp³-hybridized carbons (Fsp3) is 0.385. The van der Waals surface area contributed by atoms with E-state index in [2.05, 4.69) is 15.0 Å². The summed E-state index contributed by atoms with van der Waals surface area (Å²) in [4.78, 5) is 15.4. The minimum Gasteiger partial charge on any atom is -0.453 e. The average molecular weight is 247 g/mol. The summed E-state index contributed by atoms with van der Waals surface area (Å²) in [6.45, 7) is 2.72. The van der Waals surface area contributed by atoms with Gasteiger partial charge in [-0.25, -0.2) is 4.79 Å². The van der Waals surface area contributed by atoms with Crippen molar-refractivity contribution in [1.29, 1.82) is 0 Å². The first kappa shape index (κ1) is 12.6. The summed E-state index contributed by atoms with van der Waals surface area (Å²) in [7, 11) is 1.33. The van der Waals surface area contributed by atoms with Crippen LogP contribution in [0.3, 0.4) is 0 Å². The van der Waals surface area contributed by atoms with Gasteiger partial charge in [0.05, 0.1) is 12.6 Å². The van der Waals surface area contributed by atoms with E-state index < -0.39 is 11.6 Å². The van der Waals surface area contributed by atoms with Gasteiger partial charge in [-0.1, -0.05) is 12.1 Å². The van der Waals surface area contributed by atoms with Gasteiger partial charge in [-0.3, -0.25) is 10.3 Å². The molecule has 1 aliphatic rings. The Morgan fingerprint density at radius 2 is 2.11 bits per heavy atom. The Labute approximate surface area is 106 Å². The maximum atomic E-state index is 11.1. The van der Waals surface area contributed by atoms with Gasteiger partial charge in [0.15, 0.2) is 0 Å². The first-order valence-corrected chi connectivity index (χ1v) is 5.82. The van der Waals surface area contributed by atoms with Gasteiger partial charge in [-0.2, -0.15) is 0 Å². The van der Waals surface area contributed by atoms with E-state index in [0.717, 1.165) is 24.2 Å². The largest absolute Gasteiger partial charge is 0.453 e. The number of anilines is 1. The molecular weight excluding hydrogens is 230 g/mol. The molecule has 0 saturated carbocycles. The zero-order valence-corrected chi connectivity index (χ0v) is 10.6. The Morgan fingerprint density at radius 3 is 2.61 bits per heavy atom. The monoisotopic (exact) mass is 247 g/mol. The van der Waals surface area contributed by atoms with E-state index in [9.17, 15) is 4.79 Å². The summed E-state index contributed by atoms with van der Waals surface area (Å²) in [5, 5.41) is 2.60. The van der Waals surface area contributed by atoms with E-state index in [1.807, 2.05) is 31.2 Å². The van der Waals surface area contributed by atoms with Gasteiger partial charge in [-0.05, 0) is 31.0 Å². The molecular formula is C13H17N3O2. The third kappa shape index (κ3) is 2.22. The third-order valence-electron chi connectivity index (χ3n) is 3.33. The average Bonchev–Trinajstić information content (AvgIpc) is 2.71. The van der Waals surface area contributed by atoms with Crippen LogP contribution in [0.15, 0.2) is 29.3 Å². The topological polar surface area (TPSA) is 76.7 Å². The van der Waals surface area contributed by atoms with Crippen molar-refractivity contribution >= 4 is 17.5 Å². The quantitative estimate of drug-likeness (QED) is 0.837. The van der Waals surface area contributed by atoms with Crippen LogP contribution in [0.25, 0.3) is 0 Å². The molecule has 1 unspecified atom stereocenters. The van der Waals surface area contributed by atoms with Gasteiger partial charge in [0.25, 0.3) is 0 Å². The standard InChI is InChI=1S/C13H17N3O2/c1-9-13(14,7-8-15-9)10-3-5-11(6-4-10)16-12(17)18-2/h3-6H,7-8,14H2,1-2H3,(H,16,17). The first-order valence-electron chi connectivity index (χ1n) is 5.82. The van der Waals surface area contributed by atoms with Crippen molar-refractivity contribution in [2.45, 2.75) is 18.9 Å². The summed E-state index contributed by atoms with van der Waals surface area (Å²) in [5.41, 5.74) is 8.54. The van der Waals surface area contributed by atoms with Crippen molar-refractivity contribution in [2.24, 2.45) is 10.7 Å². The SMILES string of the molecule is COC(=O)Nc1ccc(C2(N)CCN=C2C)cc1. The molecule has 1 aliphatic heterocycles. The van der Waals surface area contributed by atoms with Gasteiger partial charge < -0.3 is 10.5 Å². The zero-order valence-electron chi connectivity index (χ0n) is 10.6. The second-order valence-corrected chi connectivity index (χ2v) is 4.38. The van der Waals surface area contributed by atoms with Crippen LogP contribution in [-0.2, 0) is 10.3 Å². The highest BCUT2D eigenvalue weighted by Gasteiger charge is 2.33. The number of hydrogen-bond donors (Lipinski definition) is 2. The number of amides is 1. The molecule has 5 nitrogen and oxygen atoms in total. The molecule has 1 amide bonds. The lowest BCUT2D eigenvalue weighted by atomic mass is 9.86. The molecule has 18 heavy (non-hydrogen) atoms. The van der Waals surface area contributed by atoms with Gasteiger partial charge in [0.1, 0.15) is 0 Å². The van der Waals surface area contributed by atoms with Crippen LogP contribution in [0.5, 0.6) is 0 Å². The second kappa shape index (κ2) is 4.78. The minimum atomic E-state index is -0.483. The van der Waals surface area contributed by atoms with Crippen LogP contribution in [0.1, 0.15) is 18.9 Å². The van der Waals surface area contributed by atoms with Gasteiger partial charge in [0, 0.05) is 17.9 Å². The van der Waals surface area contributed by atoms with Gasteiger partial charge >= 0.3 is 6.09 Å². The summed E-state index contributed by atoms with van der Waals surface area (Å²) in [6, 6.07) is 7.45. The first-order chi connectivity index (χ1) is 8.56. The molecule has 2 rings (SSSR count). The third-order valence-corrected chi connectivity index (χ3v) is 3.33. The van der Waals surface area contributed by atoms with E-state index in [4.69, 9.17) is 5.73 Å².